The SMILES string of the molecule is COP(=O)([O-])OCC1C[C@@H](O)CC1C(=O)CCCCCCCCCCC(=O)CC(COCCC(=O)CCCCCC(=O)CCCCO[C@@H]1OC(CO)[C@H](O)[C@H](O)C1NC(C)=O)(COCCC(=O)CCCCCC(=O)CCCCO[C@@H]1OC(CO)[C@H](O)[C@H](O)C1NC(C)=O)COCCC(=O)NCCCNC(=O)CCCCO[C@H]1OC(CO)[C@@H](O)[C@@H](O)C1NC(C)=O. The molecular formula is C85H147N5O34P-. The molecule has 0 aromatic heterocycles. The molecule has 4 rings (SSSR count). The minimum absolute atomic E-state index is 0.0176. The molecule has 722 valence electrons. The number of carbonyl (C=O) groups is 11. The van der Waals surface area contributed by atoms with E-state index in [4.69, 9.17) is 47.2 Å². The number of ether oxygens (including phenoxy) is 9. The molecule has 0 aromatic carbocycles. The Labute approximate surface area is 733 Å². The van der Waals surface area contributed by atoms with E-state index in [9.17, 15) is 113 Å². The molecule has 3 aliphatic heterocycles. The highest BCUT2D eigenvalue weighted by Crippen LogP contribution is 2.42. The highest BCUT2D eigenvalue weighted by molar-refractivity contribution is 7.45. The van der Waals surface area contributed by atoms with Crippen LogP contribution in [0.2, 0.25) is 0 Å². The van der Waals surface area contributed by atoms with Crippen molar-refractivity contribution in [2.45, 2.75) is 350 Å². The highest BCUT2D eigenvalue weighted by Gasteiger charge is 2.49. The van der Waals surface area contributed by atoms with Crippen molar-refractivity contribution < 1.29 is 165 Å². The van der Waals surface area contributed by atoms with Crippen molar-refractivity contribution in [1.82, 2.24) is 26.6 Å². The molecule has 3 heterocycles. The number of amides is 5. The minimum Gasteiger partial charge on any atom is -0.756 e. The molecule has 0 bridgehead atoms. The molecule has 15 N–H and O–H groups in total. The van der Waals surface area contributed by atoms with Gasteiger partial charge in [-0.05, 0) is 102 Å². The number of ketones is 6. The van der Waals surface area contributed by atoms with Crippen molar-refractivity contribution in [3.05, 3.63) is 0 Å². The van der Waals surface area contributed by atoms with Gasteiger partial charge in [-0.1, -0.05) is 51.4 Å². The second-order valence-corrected chi connectivity index (χ2v) is 35.0. The molecular weight excluding hydrogens is 1670 g/mol. The molecule has 3 saturated heterocycles. The predicted octanol–water partition coefficient (Wildman–Crippen LogP) is 1.33. The summed E-state index contributed by atoms with van der Waals surface area (Å²) in [6, 6.07) is -3.27. The Morgan fingerprint density at radius 1 is 0.392 bits per heavy atom. The lowest BCUT2D eigenvalue weighted by molar-refractivity contribution is -0.270. The molecule has 0 spiro atoms. The Morgan fingerprint density at radius 3 is 1.08 bits per heavy atom. The molecule has 1 aliphatic carbocycles. The summed E-state index contributed by atoms with van der Waals surface area (Å²) in [5, 5.41) is 115. The fourth-order valence-electron chi connectivity index (χ4n) is 15.5. The normalized spacial score (nSPS) is 26.0. The molecule has 4 fully saturated rings. The zero-order chi connectivity index (χ0) is 92.1. The zero-order valence-electron chi connectivity index (χ0n) is 73.7. The Morgan fingerprint density at radius 2 is 0.712 bits per heavy atom. The Hall–Kier alpha value is -5.28. The Kier molecular flexibility index (Phi) is 57.1. The topological polar surface area (TPSA) is 592 Å². The second kappa shape index (κ2) is 63.7. The highest BCUT2D eigenvalue weighted by atomic mass is 31.2. The maximum Gasteiger partial charge on any atom is 0.267 e. The van der Waals surface area contributed by atoms with Gasteiger partial charge in [-0.2, -0.15) is 0 Å². The first kappa shape index (κ1) is 112. The summed E-state index contributed by atoms with van der Waals surface area (Å²) in [7, 11) is -3.51. The fourth-order valence-corrected chi connectivity index (χ4v) is 16.0. The van der Waals surface area contributed by atoms with Crippen molar-refractivity contribution >= 4 is 72.1 Å². The average molecular weight is 1810 g/mol. The van der Waals surface area contributed by atoms with Crippen LogP contribution < -0.4 is 31.5 Å². The molecule has 0 radical (unpaired) electrons. The van der Waals surface area contributed by atoms with Crippen LogP contribution in [-0.2, 0) is 109 Å². The maximum absolute atomic E-state index is 14.2. The van der Waals surface area contributed by atoms with E-state index in [1.165, 1.54) is 20.8 Å². The third-order valence-corrected chi connectivity index (χ3v) is 23.5. The third kappa shape index (κ3) is 45.9. The number of carbonyl (C=O) groups excluding carboxylic acids is 11. The van der Waals surface area contributed by atoms with Crippen molar-refractivity contribution in [3.63, 3.8) is 0 Å². The van der Waals surface area contributed by atoms with E-state index in [0.717, 1.165) is 45.6 Å². The number of phosphoric acid groups is 1. The van der Waals surface area contributed by atoms with Gasteiger partial charge in [0.15, 0.2) is 18.9 Å². The summed E-state index contributed by atoms with van der Waals surface area (Å²) in [5.74, 6) is -3.27. The van der Waals surface area contributed by atoms with Crippen LogP contribution in [0, 0.1) is 17.3 Å². The van der Waals surface area contributed by atoms with Gasteiger partial charge < -0.3 is 134 Å². The number of aliphatic hydroxyl groups is 10. The van der Waals surface area contributed by atoms with Crippen LogP contribution in [0.25, 0.3) is 0 Å². The van der Waals surface area contributed by atoms with E-state index in [1.807, 2.05) is 0 Å². The Bertz CT molecular complexity index is 2960. The average Bonchev–Trinajstić information content (AvgIpc) is 1.57. The van der Waals surface area contributed by atoms with E-state index >= 15 is 0 Å². The first-order valence-corrected chi connectivity index (χ1v) is 46.3. The van der Waals surface area contributed by atoms with Crippen LogP contribution >= 0.6 is 7.82 Å². The first-order valence-electron chi connectivity index (χ1n) is 44.9. The van der Waals surface area contributed by atoms with Gasteiger partial charge in [0.25, 0.3) is 7.82 Å². The number of nitrogens with one attached hydrogen (secondary N) is 5. The molecule has 40 heteroatoms. The van der Waals surface area contributed by atoms with Crippen LogP contribution in [-0.4, -0.2) is 319 Å². The van der Waals surface area contributed by atoms with Crippen molar-refractivity contribution in [1.29, 1.82) is 0 Å². The summed E-state index contributed by atoms with van der Waals surface area (Å²) in [4.78, 5) is 153. The second-order valence-electron chi connectivity index (χ2n) is 33.4. The van der Waals surface area contributed by atoms with Crippen molar-refractivity contribution in [3.8, 4) is 0 Å². The number of aliphatic hydroxyl groups excluding tert-OH is 10. The standard InChI is InChI=1S/C85H148N5O34P/c1-56(94)88-73-79(109)76(106)68(49-91)122-82(73)118-40-22-19-30-60(97)26-14-11-16-28-62(99)35-43-115-53-85(48-64(101)32-13-9-7-5-6-8-10-18-33-67(103)66-47-65(102)46-59(66)52-121-125(112,113)114-4,54-116-44-36-63(100)29-17-12-15-27-61(98)31-20-23-41-119-83-74(89-57(2)95)80(110)77(107)69(50-92)123-83)55-117-45-37-72(105)87-39-25-38-86-71(104)34-21-24-42-120-84-75(90-58(3)96)81(111)78(108)70(51-93)124-84/h59,65-66,68-70,73-84,91-93,102,106-111H,5-55H2,1-4H3,(H,86,104)(H,87,105)(H,88,94)(H,89,95)(H,90,96)(H,112,113)/p-1/t59?,65-,66?,68?,69?,70?,73?,74?,75?,76+,77+,78-,79-,80-,81+,82-,83-,84+,85?/m1/s1. The lowest BCUT2D eigenvalue weighted by Crippen LogP contribution is -2.64. The zero-order valence-corrected chi connectivity index (χ0v) is 74.6. The molecule has 39 nitrogen and oxygen atoms in total. The molecule has 125 heavy (non-hydrogen) atoms. The summed E-state index contributed by atoms with van der Waals surface area (Å²) in [6.07, 6.45) is -1.02. The molecule has 1 saturated carbocycles. The molecule has 4 aliphatic rings. The number of hydrogen-bond donors (Lipinski definition) is 15. The van der Waals surface area contributed by atoms with E-state index in [1.54, 1.807) is 0 Å². The van der Waals surface area contributed by atoms with Gasteiger partial charge in [0, 0.05) is 156 Å². The van der Waals surface area contributed by atoms with Crippen LogP contribution in [0.15, 0.2) is 0 Å². The minimum atomic E-state index is -4.49. The monoisotopic (exact) mass is 1810 g/mol. The van der Waals surface area contributed by atoms with Gasteiger partial charge in [0.05, 0.1) is 72.2 Å². The van der Waals surface area contributed by atoms with Gasteiger partial charge in [-0.25, -0.2) is 0 Å². The number of hydrogen-bond acceptors (Lipinski definition) is 34. The lowest BCUT2D eigenvalue weighted by atomic mass is 9.83. The van der Waals surface area contributed by atoms with E-state index in [0.29, 0.717) is 116 Å². The van der Waals surface area contributed by atoms with Crippen LogP contribution in [0.3, 0.4) is 0 Å². The fraction of sp³-hybridized carbons (Fsp3) is 0.871. The summed E-state index contributed by atoms with van der Waals surface area (Å²) in [5.41, 5.74) is -1.15. The summed E-state index contributed by atoms with van der Waals surface area (Å²) < 4.78 is 73.8. The molecule has 5 amide bonds. The predicted molar refractivity (Wildman–Crippen MR) is 445 cm³/mol. The molecule has 19 atom stereocenters. The van der Waals surface area contributed by atoms with Crippen molar-refractivity contribution in [2.75, 3.05) is 106 Å². The maximum atomic E-state index is 14.2. The smallest absolute Gasteiger partial charge is 0.267 e. The summed E-state index contributed by atoms with van der Waals surface area (Å²) in [6.45, 7) is 2.01. The van der Waals surface area contributed by atoms with Crippen LogP contribution in [0.4, 0.5) is 0 Å². The van der Waals surface area contributed by atoms with Gasteiger partial charge in [0.1, 0.15) is 108 Å². The van der Waals surface area contributed by atoms with Gasteiger partial charge >= 0.3 is 0 Å². The van der Waals surface area contributed by atoms with E-state index in [2.05, 4.69) is 31.1 Å². The molecule has 9 unspecified atom stereocenters. The molecule has 0 aromatic rings. The number of unbranched alkanes of at least 4 members (excludes halogenated alkanes) is 14. The van der Waals surface area contributed by atoms with Gasteiger partial charge in [-0.3, -0.25) is 57.3 Å². The van der Waals surface area contributed by atoms with Gasteiger partial charge in [-0.15, -0.1) is 0 Å². The van der Waals surface area contributed by atoms with Crippen LogP contribution in [0.1, 0.15) is 252 Å². The van der Waals surface area contributed by atoms with Crippen molar-refractivity contribution in [2.24, 2.45) is 17.3 Å². The van der Waals surface area contributed by atoms with Crippen LogP contribution in [0.5, 0.6) is 0 Å². The number of rotatable bonds is 73. The van der Waals surface area contributed by atoms with Gasteiger partial charge in [0.2, 0.25) is 29.5 Å². The number of Topliss-reactive ketones (excluding diaryl/α,β-unsaturated/α-hetero) is 6. The Balaban J connectivity index is 1.31. The largest absolute Gasteiger partial charge is 0.756 e. The van der Waals surface area contributed by atoms with E-state index < -0.39 is 161 Å². The summed E-state index contributed by atoms with van der Waals surface area (Å²) >= 11 is 0. The quantitative estimate of drug-likeness (QED) is 0.0302. The lowest BCUT2D eigenvalue weighted by Gasteiger charge is -2.42. The third-order valence-electron chi connectivity index (χ3n) is 22.6. The first-order chi connectivity index (χ1) is 59.8. The van der Waals surface area contributed by atoms with E-state index in [-0.39, 0.29) is 203 Å². The number of phosphoric ester groups is 1.